The van der Waals surface area contributed by atoms with E-state index < -0.39 is 30.7 Å². The lowest BCUT2D eigenvalue weighted by molar-refractivity contribution is -0.310. The lowest BCUT2D eigenvalue weighted by Crippen LogP contribution is -2.62. The third-order valence-electron chi connectivity index (χ3n) is 9.78. The average molecular weight is 765 g/mol. The van der Waals surface area contributed by atoms with Crippen molar-refractivity contribution in [3.63, 3.8) is 0 Å². The van der Waals surface area contributed by atoms with Gasteiger partial charge in [0.2, 0.25) is 6.29 Å². The molecule has 1 aliphatic rings. The van der Waals surface area contributed by atoms with Crippen molar-refractivity contribution in [2.24, 2.45) is 0 Å². The summed E-state index contributed by atoms with van der Waals surface area (Å²) in [5, 5.41) is 0. The van der Waals surface area contributed by atoms with Gasteiger partial charge in [-0.2, -0.15) is 0 Å². The zero-order chi connectivity index (χ0) is 39.1. The lowest BCUT2D eigenvalue weighted by atomic mass is 9.97. The molecule has 0 aliphatic carbocycles. The molecule has 0 saturated carbocycles. The van der Waals surface area contributed by atoms with Crippen molar-refractivity contribution in [1.29, 1.82) is 0 Å². The highest BCUT2D eigenvalue weighted by molar-refractivity contribution is 5.79. The predicted molar refractivity (Wildman–Crippen MR) is 218 cm³/mol. The fourth-order valence-electron chi connectivity index (χ4n) is 6.71. The first-order chi connectivity index (χ1) is 28.1. The lowest BCUT2D eigenvalue weighted by Gasteiger charge is -2.45. The Bertz CT molecular complexity index is 2080. The Hall–Kier alpha value is -5.61. The van der Waals surface area contributed by atoms with Gasteiger partial charge in [0.25, 0.3) is 0 Å². The molecule has 8 nitrogen and oxygen atoms in total. The standard InChI is InChI=1S/C49H48O8/c1-36-27-43(52-31-38-19-9-3-10-20-38)44(28-42(36)29-50)56-49-48(55-34-41-25-15-6-16-26-41)47(54-33-40-23-13-5-14-24-40)46(53-32-39-21-11-4-12-22-39)45(57-49)35-51-30-37-17-7-2-8-18-37/h2-29,45-49H,30-35H2,1H3/t45-,46-,47+,48-,49+/m1/s1. The second kappa shape index (κ2) is 20.5. The first-order valence-corrected chi connectivity index (χ1v) is 19.3. The molecule has 7 rings (SSSR count). The molecule has 6 aromatic rings. The van der Waals surface area contributed by atoms with Gasteiger partial charge >= 0.3 is 0 Å². The zero-order valence-electron chi connectivity index (χ0n) is 32.1. The molecule has 0 radical (unpaired) electrons. The zero-order valence-corrected chi connectivity index (χ0v) is 32.1. The fourth-order valence-corrected chi connectivity index (χ4v) is 6.71. The molecule has 5 atom stereocenters. The SMILES string of the molecule is Cc1cc(OCc2ccccc2)c(O[C@H]2O[C@H](COCc3ccccc3)[C@@H](OCc3ccccc3)[C@H](OCc3ccccc3)[C@H]2OCc2ccccc2)cc1C=O. The number of ether oxygens (including phenoxy) is 7. The highest BCUT2D eigenvalue weighted by Crippen LogP contribution is 2.37. The Labute approximate surface area is 334 Å². The Morgan fingerprint density at radius 2 is 0.947 bits per heavy atom. The van der Waals surface area contributed by atoms with E-state index >= 15 is 0 Å². The smallest absolute Gasteiger partial charge is 0.229 e. The van der Waals surface area contributed by atoms with Gasteiger partial charge in [0.05, 0.1) is 33.0 Å². The molecular formula is C49H48O8. The van der Waals surface area contributed by atoms with Crippen LogP contribution in [0.1, 0.15) is 43.7 Å². The van der Waals surface area contributed by atoms with Crippen molar-refractivity contribution in [3.05, 3.63) is 203 Å². The van der Waals surface area contributed by atoms with Gasteiger partial charge < -0.3 is 33.2 Å². The summed E-state index contributed by atoms with van der Waals surface area (Å²) in [6, 6.07) is 53.3. The Balaban J connectivity index is 1.25. The van der Waals surface area contributed by atoms with Crippen LogP contribution in [0.15, 0.2) is 164 Å². The largest absolute Gasteiger partial charge is 0.485 e. The first kappa shape index (κ1) is 39.6. The first-order valence-electron chi connectivity index (χ1n) is 19.3. The van der Waals surface area contributed by atoms with Gasteiger partial charge in [-0.3, -0.25) is 4.79 Å². The van der Waals surface area contributed by atoms with Gasteiger partial charge in [-0.25, -0.2) is 0 Å². The van der Waals surface area contributed by atoms with Crippen LogP contribution in [-0.4, -0.2) is 43.6 Å². The van der Waals surface area contributed by atoms with Crippen LogP contribution in [0.5, 0.6) is 11.5 Å². The molecule has 1 aliphatic heterocycles. The van der Waals surface area contributed by atoms with Crippen LogP contribution in [0.3, 0.4) is 0 Å². The van der Waals surface area contributed by atoms with Crippen LogP contribution in [0.2, 0.25) is 0 Å². The minimum atomic E-state index is -1.03. The normalized spacial score (nSPS) is 19.1. The van der Waals surface area contributed by atoms with E-state index in [1.807, 2.05) is 165 Å². The molecule has 0 spiro atoms. The van der Waals surface area contributed by atoms with Gasteiger partial charge in [-0.1, -0.05) is 152 Å². The number of rotatable bonds is 19. The van der Waals surface area contributed by atoms with E-state index in [0.717, 1.165) is 39.7 Å². The summed E-state index contributed by atoms with van der Waals surface area (Å²) in [5.74, 6) is 0.805. The molecule has 0 aromatic heterocycles. The Kier molecular flexibility index (Phi) is 14.3. The summed E-state index contributed by atoms with van der Waals surface area (Å²) in [6.45, 7) is 3.57. The number of carbonyl (C=O) groups excluding carboxylic acids is 1. The van der Waals surface area contributed by atoms with E-state index in [1.165, 1.54) is 0 Å². The maximum absolute atomic E-state index is 12.3. The van der Waals surface area contributed by atoms with Gasteiger partial charge in [0.15, 0.2) is 11.5 Å². The van der Waals surface area contributed by atoms with Crippen LogP contribution >= 0.6 is 0 Å². The second-order valence-corrected chi connectivity index (χ2v) is 14.0. The van der Waals surface area contributed by atoms with E-state index in [2.05, 4.69) is 0 Å². The third-order valence-corrected chi connectivity index (χ3v) is 9.78. The molecule has 8 heteroatoms. The Morgan fingerprint density at radius 3 is 1.44 bits per heavy atom. The summed E-state index contributed by atoms with van der Waals surface area (Å²) in [7, 11) is 0. The summed E-state index contributed by atoms with van der Waals surface area (Å²) in [5.41, 5.74) is 6.22. The second-order valence-electron chi connectivity index (χ2n) is 14.0. The van der Waals surface area contributed by atoms with Crippen LogP contribution < -0.4 is 9.47 Å². The monoisotopic (exact) mass is 764 g/mol. The molecule has 6 aromatic carbocycles. The molecule has 0 bridgehead atoms. The van der Waals surface area contributed by atoms with Crippen molar-refractivity contribution >= 4 is 6.29 Å². The molecule has 0 amide bonds. The van der Waals surface area contributed by atoms with Crippen LogP contribution in [-0.2, 0) is 56.7 Å². The van der Waals surface area contributed by atoms with Gasteiger partial charge in [-0.05, 0) is 52.4 Å². The van der Waals surface area contributed by atoms with Gasteiger partial charge in [-0.15, -0.1) is 0 Å². The van der Waals surface area contributed by atoms with E-state index in [4.69, 9.17) is 33.2 Å². The minimum Gasteiger partial charge on any atom is -0.485 e. The summed E-state index contributed by atoms with van der Waals surface area (Å²) >= 11 is 0. The topological polar surface area (TPSA) is 81.7 Å². The minimum absolute atomic E-state index is 0.176. The predicted octanol–water partition coefficient (Wildman–Crippen LogP) is 9.46. The number of aldehydes is 1. The maximum atomic E-state index is 12.3. The van der Waals surface area contributed by atoms with Gasteiger partial charge in [0, 0.05) is 5.56 Å². The molecular weight excluding hydrogens is 717 g/mol. The van der Waals surface area contributed by atoms with E-state index in [0.29, 0.717) is 36.9 Å². The molecule has 0 N–H and O–H groups in total. The summed E-state index contributed by atoms with van der Waals surface area (Å²) in [4.78, 5) is 12.3. The highest BCUT2D eigenvalue weighted by Gasteiger charge is 2.50. The van der Waals surface area contributed by atoms with Gasteiger partial charge in [0.1, 0.15) is 37.3 Å². The molecule has 57 heavy (non-hydrogen) atoms. The van der Waals surface area contributed by atoms with Crippen molar-refractivity contribution in [1.82, 2.24) is 0 Å². The van der Waals surface area contributed by atoms with Crippen LogP contribution in [0.25, 0.3) is 0 Å². The Morgan fingerprint density at radius 1 is 0.509 bits per heavy atom. The number of carbonyl (C=O) groups is 1. The average Bonchev–Trinajstić information content (AvgIpc) is 3.26. The quantitative estimate of drug-likeness (QED) is 0.0755. The van der Waals surface area contributed by atoms with Crippen molar-refractivity contribution in [2.75, 3.05) is 6.61 Å². The van der Waals surface area contributed by atoms with Crippen molar-refractivity contribution < 1.29 is 38.0 Å². The summed E-state index contributed by atoms with van der Waals surface area (Å²) < 4.78 is 47.0. The van der Waals surface area contributed by atoms with Crippen LogP contribution in [0.4, 0.5) is 0 Å². The molecule has 1 fully saturated rings. The van der Waals surface area contributed by atoms with E-state index in [9.17, 15) is 4.79 Å². The highest BCUT2D eigenvalue weighted by atomic mass is 16.7. The molecule has 0 unspecified atom stereocenters. The van der Waals surface area contributed by atoms with E-state index in [-0.39, 0.29) is 19.8 Å². The fraction of sp³-hybridized carbons (Fsp3) is 0.245. The number of benzene rings is 6. The third kappa shape index (κ3) is 11.3. The van der Waals surface area contributed by atoms with E-state index in [1.54, 1.807) is 6.07 Å². The maximum Gasteiger partial charge on any atom is 0.229 e. The molecule has 1 heterocycles. The number of aryl methyl sites for hydroxylation is 1. The summed E-state index contributed by atoms with van der Waals surface area (Å²) in [6.07, 6.45) is -2.99. The van der Waals surface area contributed by atoms with Crippen molar-refractivity contribution in [2.45, 2.75) is 70.7 Å². The molecule has 1 saturated heterocycles. The van der Waals surface area contributed by atoms with Crippen LogP contribution in [0, 0.1) is 6.92 Å². The molecule has 292 valence electrons. The van der Waals surface area contributed by atoms with Crippen molar-refractivity contribution in [3.8, 4) is 11.5 Å². The number of hydrogen-bond acceptors (Lipinski definition) is 8. The number of hydrogen-bond donors (Lipinski definition) is 0.